The average Bonchev–Trinajstić information content (AvgIpc) is 2.80. The molecule has 0 radical (unpaired) electrons. The summed E-state index contributed by atoms with van der Waals surface area (Å²) in [4.78, 5) is 3.42. The predicted octanol–water partition coefficient (Wildman–Crippen LogP) is 1.57. The summed E-state index contributed by atoms with van der Waals surface area (Å²) >= 11 is 0. The molecule has 0 aliphatic heterocycles. The molecular weight excluding hydrogens is 214 g/mol. The first-order valence-electron chi connectivity index (χ1n) is 6.03. The second kappa shape index (κ2) is 3.74. The molecule has 0 bridgehead atoms. The van der Waals surface area contributed by atoms with Gasteiger partial charge < -0.3 is 10.1 Å². The molecule has 1 aliphatic carbocycles. The van der Waals surface area contributed by atoms with Crippen molar-refractivity contribution >= 4 is 0 Å². The average molecular weight is 231 g/mol. The summed E-state index contributed by atoms with van der Waals surface area (Å²) in [6.07, 6.45) is 4.42. The Labute approximate surface area is 100 Å². The van der Waals surface area contributed by atoms with E-state index in [-0.39, 0.29) is 6.10 Å². The number of fused-ring (bicyclic) bond motifs is 1. The van der Waals surface area contributed by atoms with Crippen molar-refractivity contribution in [3.05, 3.63) is 29.2 Å². The molecule has 2 aromatic rings. The molecule has 0 spiro atoms. The Morgan fingerprint density at radius 3 is 3.06 bits per heavy atom. The van der Waals surface area contributed by atoms with E-state index in [0.29, 0.717) is 0 Å². The first-order valence-corrected chi connectivity index (χ1v) is 6.03. The highest BCUT2D eigenvalue weighted by atomic mass is 16.3. The number of rotatable bonds is 1. The minimum Gasteiger partial charge on any atom is -0.393 e. The van der Waals surface area contributed by atoms with E-state index in [2.05, 4.69) is 16.1 Å². The SMILES string of the molecule is Cc1nn(C)cc1-c1cc2c([nH]1)CC(O)CC2. The lowest BCUT2D eigenvalue weighted by Crippen LogP contribution is -2.17. The first kappa shape index (κ1) is 10.6. The normalized spacial score (nSPS) is 19.4. The van der Waals surface area contributed by atoms with Gasteiger partial charge in [0.25, 0.3) is 0 Å². The molecule has 4 nitrogen and oxygen atoms in total. The van der Waals surface area contributed by atoms with E-state index in [9.17, 15) is 5.11 Å². The second-order valence-electron chi connectivity index (χ2n) is 4.89. The zero-order chi connectivity index (χ0) is 12.0. The van der Waals surface area contributed by atoms with Gasteiger partial charge in [0, 0.05) is 36.6 Å². The Bertz CT molecular complexity index is 553. The summed E-state index contributed by atoms with van der Waals surface area (Å²) in [7, 11) is 1.93. The van der Waals surface area contributed by atoms with E-state index in [4.69, 9.17) is 0 Å². The van der Waals surface area contributed by atoms with Crippen molar-refractivity contribution in [1.82, 2.24) is 14.8 Å². The Balaban J connectivity index is 2.02. The number of H-pyrrole nitrogens is 1. The van der Waals surface area contributed by atoms with Crippen molar-refractivity contribution < 1.29 is 5.11 Å². The third-order valence-corrected chi connectivity index (χ3v) is 3.48. The molecule has 90 valence electrons. The molecule has 0 saturated carbocycles. The number of hydrogen-bond donors (Lipinski definition) is 2. The van der Waals surface area contributed by atoms with Gasteiger partial charge in [0.2, 0.25) is 0 Å². The van der Waals surface area contributed by atoms with Crippen molar-refractivity contribution in [3.63, 3.8) is 0 Å². The minimum absolute atomic E-state index is 0.191. The van der Waals surface area contributed by atoms with Gasteiger partial charge in [-0.15, -0.1) is 0 Å². The van der Waals surface area contributed by atoms with Crippen molar-refractivity contribution in [2.45, 2.75) is 32.3 Å². The minimum atomic E-state index is -0.191. The zero-order valence-corrected chi connectivity index (χ0v) is 10.2. The molecule has 3 rings (SSSR count). The highest BCUT2D eigenvalue weighted by Gasteiger charge is 2.20. The van der Waals surface area contributed by atoms with Crippen LogP contribution in [0.25, 0.3) is 11.3 Å². The maximum atomic E-state index is 9.66. The van der Waals surface area contributed by atoms with E-state index in [0.717, 1.165) is 36.2 Å². The standard InChI is InChI=1S/C13H17N3O/c1-8-11(7-16(2)15-8)13-5-9-3-4-10(17)6-12(9)14-13/h5,7,10,14,17H,3-4,6H2,1-2H3. The number of aliphatic hydroxyl groups is 1. The van der Waals surface area contributed by atoms with E-state index in [1.807, 2.05) is 24.9 Å². The fourth-order valence-electron chi connectivity index (χ4n) is 2.61. The van der Waals surface area contributed by atoms with E-state index in [1.54, 1.807) is 0 Å². The number of nitrogens with one attached hydrogen (secondary N) is 1. The van der Waals surface area contributed by atoms with Crippen LogP contribution in [0.1, 0.15) is 23.4 Å². The number of aromatic amines is 1. The second-order valence-corrected chi connectivity index (χ2v) is 4.89. The molecule has 0 aromatic carbocycles. The molecule has 0 saturated heterocycles. The van der Waals surface area contributed by atoms with Gasteiger partial charge in [-0.2, -0.15) is 5.10 Å². The molecule has 1 atom stereocenters. The van der Waals surface area contributed by atoms with Gasteiger partial charge in [-0.3, -0.25) is 4.68 Å². The first-order chi connectivity index (χ1) is 8.13. The van der Waals surface area contributed by atoms with Crippen LogP contribution in [-0.4, -0.2) is 26.0 Å². The Morgan fingerprint density at radius 1 is 1.53 bits per heavy atom. The summed E-state index contributed by atoms with van der Waals surface area (Å²) < 4.78 is 1.83. The molecule has 0 amide bonds. The maximum absolute atomic E-state index is 9.66. The number of aliphatic hydroxyl groups excluding tert-OH is 1. The maximum Gasteiger partial charge on any atom is 0.0686 e. The number of aromatic nitrogens is 3. The van der Waals surface area contributed by atoms with Gasteiger partial charge in [0.1, 0.15) is 0 Å². The lowest BCUT2D eigenvalue weighted by Gasteiger charge is -2.16. The third-order valence-electron chi connectivity index (χ3n) is 3.48. The summed E-state index contributed by atoms with van der Waals surface area (Å²) in [5, 5.41) is 14.0. The lowest BCUT2D eigenvalue weighted by atomic mass is 9.96. The molecular formula is C13H17N3O. The quantitative estimate of drug-likeness (QED) is 0.782. The molecule has 1 unspecified atom stereocenters. The van der Waals surface area contributed by atoms with Gasteiger partial charge in [-0.05, 0) is 31.4 Å². The van der Waals surface area contributed by atoms with E-state index >= 15 is 0 Å². The molecule has 1 aliphatic rings. The molecule has 2 N–H and O–H groups in total. The van der Waals surface area contributed by atoms with Gasteiger partial charge >= 0.3 is 0 Å². The van der Waals surface area contributed by atoms with Crippen LogP contribution in [0.2, 0.25) is 0 Å². The van der Waals surface area contributed by atoms with Gasteiger partial charge in [0.05, 0.1) is 11.8 Å². The molecule has 17 heavy (non-hydrogen) atoms. The molecule has 2 heterocycles. The summed E-state index contributed by atoms with van der Waals surface area (Å²) in [6.45, 7) is 2.02. The predicted molar refractivity (Wildman–Crippen MR) is 65.8 cm³/mol. The van der Waals surface area contributed by atoms with Crippen molar-refractivity contribution in [3.8, 4) is 11.3 Å². The van der Waals surface area contributed by atoms with Crippen molar-refractivity contribution in [2.24, 2.45) is 7.05 Å². The Morgan fingerprint density at radius 2 is 2.35 bits per heavy atom. The van der Waals surface area contributed by atoms with Crippen LogP contribution in [0.15, 0.2) is 12.3 Å². The molecule has 4 heteroatoms. The number of nitrogens with zero attached hydrogens (tertiary/aromatic N) is 2. The van der Waals surface area contributed by atoms with E-state index in [1.165, 1.54) is 11.3 Å². The summed E-state index contributed by atoms with van der Waals surface area (Å²) in [6, 6.07) is 2.20. The summed E-state index contributed by atoms with van der Waals surface area (Å²) in [5.74, 6) is 0. The van der Waals surface area contributed by atoms with Crippen LogP contribution < -0.4 is 0 Å². The van der Waals surface area contributed by atoms with Crippen LogP contribution in [0.5, 0.6) is 0 Å². The Kier molecular flexibility index (Phi) is 2.33. The highest BCUT2D eigenvalue weighted by molar-refractivity contribution is 5.63. The summed E-state index contributed by atoms with van der Waals surface area (Å²) in [5.41, 5.74) is 5.83. The van der Waals surface area contributed by atoms with Gasteiger partial charge in [-0.25, -0.2) is 0 Å². The smallest absolute Gasteiger partial charge is 0.0686 e. The fraction of sp³-hybridized carbons (Fsp3) is 0.462. The lowest BCUT2D eigenvalue weighted by molar-refractivity contribution is 0.157. The fourth-order valence-corrected chi connectivity index (χ4v) is 2.61. The largest absolute Gasteiger partial charge is 0.393 e. The van der Waals surface area contributed by atoms with Crippen LogP contribution in [0.4, 0.5) is 0 Å². The van der Waals surface area contributed by atoms with Crippen LogP contribution >= 0.6 is 0 Å². The number of aryl methyl sites for hydroxylation is 3. The highest BCUT2D eigenvalue weighted by Crippen LogP contribution is 2.28. The number of hydrogen-bond acceptors (Lipinski definition) is 2. The van der Waals surface area contributed by atoms with Crippen LogP contribution in [0, 0.1) is 6.92 Å². The van der Waals surface area contributed by atoms with Crippen LogP contribution in [0.3, 0.4) is 0 Å². The Hall–Kier alpha value is -1.55. The van der Waals surface area contributed by atoms with E-state index < -0.39 is 0 Å². The monoisotopic (exact) mass is 231 g/mol. The molecule has 0 fully saturated rings. The van der Waals surface area contributed by atoms with Gasteiger partial charge in [-0.1, -0.05) is 0 Å². The van der Waals surface area contributed by atoms with Crippen molar-refractivity contribution in [2.75, 3.05) is 0 Å². The topological polar surface area (TPSA) is 53.8 Å². The van der Waals surface area contributed by atoms with Crippen molar-refractivity contribution in [1.29, 1.82) is 0 Å². The molecule has 2 aromatic heterocycles. The third kappa shape index (κ3) is 1.78. The van der Waals surface area contributed by atoms with Gasteiger partial charge in [0.15, 0.2) is 0 Å². The zero-order valence-electron chi connectivity index (χ0n) is 10.2. The van der Waals surface area contributed by atoms with Crippen LogP contribution in [-0.2, 0) is 19.9 Å².